The zero-order chi connectivity index (χ0) is 14.8. The van der Waals surface area contributed by atoms with Crippen LogP contribution in [0.2, 0.25) is 0 Å². The Hall–Kier alpha value is -2.37. The second-order valence-electron chi connectivity index (χ2n) is 4.20. The van der Waals surface area contributed by atoms with Gasteiger partial charge in [0.25, 0.3) is 5.91 Å². The van der Waals surface area contributed by atoms with Crippen molar-refractivity contribution in [1.82, 2.24) is 4.98 Å². The Kier molecular flexibility index (Phi) is 3.74. The number of pyridine rings is 1. The Labute approximate surface area is 113 Å². The number of carbonyl (C=O) groups excluding carboxylic acids is 1. The van der Waals surface area contributed by atoms with Gasteiger partial charge in [-0.1, -0.05) is 6.07 Å². The van der Waals surface area contributed by atoms with Crippen molar-refractivity contribution >= 4 is 11.6 Å². The van der Waals surface area contributed by atoms with Gasteiger partial charge in [0, 0.05) is 11.9 Å². The molecule has 0 bridgehead atoms. The van der Waals surface area contributed by atoms with E-state index in [-0.39, 0.29) is 11.4 Å². The van der Waals surface area contributed by atoms with Gasteiger partial charge in [0.05, 0.1) is 5.56 Å². The Morgan fingerprint density at radius 3 is 2.35 bits per heavy atom. The van der Waals surface area contributed by atoms with E-state index in [0.29, 0.717) is 5.56 Å². The zero-order valence-electron chi connectivity index (χ0n) is 10.5. The van der Waals surface area contributed by atoms with Crippen molar-refractivity contribution in [1.29, 1.82) is 0 Å². The minimum Gasteiger partial charge on any atom is -0.321 e. The molecule has 104 valence electrons. The lowest BCUT2D eigenvalue weighted by molar-refractivity contribution is -0.137. The van der Waals surface area contributed by atoms with Gasteiger partial charge in [0.2, 0.25) is 0 Å². The van der Waals surface area contributed by atoms with E-state index in [2.05, 4.69) is 10.3 Å². The lowest BCUT2D eigenvalue weighted by Crippen LogP contribution is -2.15. The molecule has 0 radical (unpaired) electrons. The fourth-order valence-corrected chi connectivity index (χ4v) is 1.66. The van der Waals surface area contributed by atoms with Crippen LogP contribution in [-0.2, 0) is 6.18 Å². The van der Waals surface area contributed by atoms with Crippen molar-refractivity contribution < 1.29 is 18.0 Å². The molecule has 0 atom stereocenters. The number of carbonyl (C=O) groups is 1. The van der Waals surface area contributed by atoms with Crippen LogP contribution in [0.1, 0.15) is 21.6 Å². The number of amides is 1. The Morgan fingerprint density at radius 1 is 1.15 bits per heavy atom. The van der Waals surface area contributed by atoms with E-state index in [4.69, 9.17) is 0 Å². The number of benzene rings is 1. The van der Waals surface area contributed by atoms with E-state index in [1.807, 2.05) is 0 Å². The summed E-state index contributed by atoms with van der Waals surface area (Å²) in [6.07, 6.45) is -2.91. The summed E-state index contributed by atoms with van der Waals surface area (Å²) in [6, 6.07) is 7.68. The van der Waals surface area contributed by atoms with Gasteiger partial charge >= 0.3 is 6.18 Å². The number of hydrogen-bond acceptors (Lipinski definition) is 2. The van der Waals surface area contributed by atoms with E-state index in [1.54, 1.807) is 19.1 Å². The van der Waals surface area contributed by atoms with Crippen molar-refractivity contribution in [2.45, 2.75) is 13.1 Å². The summed E-state index contributed by atoms with van der Waals surface area (Å²) < 4.78 is 37.2. The Bertz CT molecular complexity index is 621. The molecule has 2 aromatic rings. The first kappa shape index (κ1) is 14.0. The molecule has 0 fully saturated rings. The molecule has 2 rings (SSSR count). The summed E-state index contributed by atoms with van der Waals surface area (Å²) in [5.74, 6) is -0.456. The summed E-state index contributed by atoms with van der Waals surface area (Å²) in [5, 5.41) is 2.51. The fourth-order valence-electron chi connectivity index (χ4n) is 1.66. The van der Waals surface area contributed by atoms with Crippen LogP contribution in [0.25, 0.3) is 0 Å². The number of nitrogens with one attached hydrogen (secondary N) is 1. The average molecular weight is 280 g/mol. The third-order valence-electron chi connectivity index (χ3n) is 2.69. The van der Waals surface area contributed by atoms with Crippen LogP contribution in [0.3, 0.4) is 0 Å². The Balaban J connectivity index is 2.15. The maximum atomic E-state index is 12.4. The molecule has 0 saturated carbocycles. The number of halogens is 3. The van der Waals surface area contributed by atoms with Gasteiger partial charge in [-0.2, -0.15) is 13.2 Å². The summed E-state index contributed by atoms with van der Waals surface area (Å²) in [7, 11) is 0. The van der Waals surface area contributed by atoms with Crippen molar-refractivity contribution in [2.75, 3.05) is 5.32 Å². The van der Waals surface area contributed by atoms with E-state index in [0.717, 1.165) is 12.1 Å². The van der Waals surface area contributed by atoms with Crippen LogP contribution in [0.4, 0.5) is 18.9 Å². The molecule has 3 nitrogen and oxygen atoms in total. The molecule has 0 aliphatic heterocycles. The second kappa shape index (κ2) is 5.32. The van der Waals surface area contributed by atoms with Crippen LogP contribution in [0.5, 0.6) is 0 Å². The van der Waals surface area contributed by atoms with Gasteiger partial charge in [-0.25, -0.2) is 0 Å². The largest absolute Gasteiger partial charge is 0.416 e. The van der Waals surface area contributed by atoms with E-state index in [9.17, 15) is 18.0 Å². The number of anilines is 1. The van der Waals surface area contributed by atoms with Gasteiger partial charge in [0.1, 0.15) is 5.69 Å². The fraction of sp³-hybridized carbons (Fsp3) is 0.143. The van der Waals surface area contributed by atoms with E-state index >= 15 is 0 Å². The van der Waals surface area contributed by atoms with Gasteiger partial charge in [-0.3, -0.25) is 9.78 Å². The molecule has 1 aromatic carbocycles. The van der Waals surface area contributed by atoms with Gasteiger partial charge in [-0.05, 0) is 42.8 Å². The molecular formula is C14H11F3N2O. The van der Waals surface area contributed by atoms with Gasteiger partial charge in [-0.15, -0.1) is 0 Å². The summed E-state index contributed by atoms with van der Waals surface area (Å²) in [5.41, 5.74) is 0.460. The summed E-state index contributed by atoms with van der Waals surface area (Å²) in [6.45, 7) is 1.73. The number of hydrogen-bond donors (Lipinski definition) is 1. The quantitative estimate of drug-likeness (QED) is 0.912. The van der Waals surface area contributed by atoms with Crippen LogP contribution in [0.15, 0.2) is 42.6 Å². The molecule has 0 aliphatic rings. The van der Waals surface area contributed by atoms with Crippen LogP contribution >= 0.6 is 0 Å². The number of aryl methyl sites for hydroxylation is 1. The number of rotatable bonds is 2. The lowest BCUT2D eigenvalue weighted by atomic mass is 10.2. The average Bonchev–Trinajstić information content (AvgIpc) is 2.38. The Morgan fingerprint density at radius 2 is 1.80 bits per heavy atom. The third-order valence-corrected chi connectivity index (χ3v) is 2.69. The van der Waals surface area contributed by atoms with Gasteiger partial charge < -0.3 is 5.32 Å². The first-order valence-corrected chi connectivity index (χ1v) is 5.78. The first-order chi connectivity index (χ1) is 9.38. The molecule has 0 aliphatic carbocycles. The summed E-state index contributed by atoms with van der Waals surface area (Å²) in [4.78, 5) is 15.9. The number of alkyl halides is 3. The maximum Gasteiger partial charge on any atom is 0.416 e. The monoisotopic (exact) mass is 280 g/mol. The highest BCUT2D eigenvalue weighted by atomic mass is 19.4. The number of nitrogens with zero attached hydrogens (tertiary/aromatic N) is 1. The van der Waals surface area contributed by atoms with Gasteiger partial charge in [0.15, 0.2) is 0 Å². The predicted molar refractivity (Wildman–Crippen MR) is 68.4 cm³/mol. The molecule has 0 saturated heterocycles. The van der Waals surface area contributed by atoms with Crippen molar-refractivity contribution in [3.63, 3.8) is 0 Å². The lowest BCUT2D eigenvalue weighted by Gasteiger charge is -2.09. The standard InChI is InChI=1S/C14H11F3N2O/c1-9-3-2-8-18-12(9)13(20)19-11-6-4-10(5-7-11)14(15,16)17/h2-8H,1H3,(H,19,20). The molecular weight excluding hydrogens is 269 g/mol. The molecule has 1 heterocycles. The molecule has 20 heavy (non-hydrogen) atoms. The van der Waals surface area contributed by atoms with E-state index < -0.39 is 17.6 Å². The van der Waals surface area contributed by atoms with Crippen molar-refractivity contribution in [2.24, 2.45) is 0 Å². The molecule has 0 unspecified atom stereocenters. The number of aromatic nitrogens is 1. The van der Waals surface area contributed by atoms with Crippen LogP contribution in [-0.4, -0.2) is 10.9 Å². The minimum atomic E-state index is -4.39. The molecule has 0 spiro atoms. The minimum absolute atomic E-state index is 0.243. The third kappa shape index (κ3) is 3.14. The smallest absolute Gasteiger partial charge is 0.321 e. The van der Waals surface area contributed by atoms with Crippen LogP contribution < -0.4 is 5.32 Å². The van der Waals surface area contributed by atoms with Crippen LogP contribution in [0, 0.1) is 6.92 Å². The predicted octanol–water partition coefficient (Wildman–Crippen LogP) is 3.66. The summed E-state index contributed by atoms with van der Waals surface area (Å²) >= 11 is 0. The van der Waals surface area contributed by atoms with Crippen molar-refractivity contribution in [3.05, 3.63) is 59.4 Å². The molecule has 1 aromatic heterocycles. The second-order valence-corrected chi connectivity index (χ2v) is 4.20. The van der Waals surface area contributed by atoms with E-state index in [1.165, 1.54) is 18.3 Å². The topological polar surface area (TPSA) is 42.0 Å². The SMILES string of the molecule is Cc1cccnc1C(=O)Nc1ccc(C(F)(F)F)cc1. The molecule has 1 amide bonds. The van der Waals surface area contributed by atoms with Crippen molar-refractivity contribution in [3.8, 4) is 0 Å². The highest BCUT2D eigenvalue weighted by Crippen LogP contribution is 2.29. The zero-order valence-corrected chi connectivity index (χ0v) is 10.5. The first-order valence-electron chi connectivity index (χ1n) is 5.78. The normalized spacial score (nSPS) is 11.2. The molecule has 1 N–H and O–H groups in total. The molecule has 6 heteroatoms. The highest BCUT2D eigenvalue weighted by molar-refractivity contribution is 6.03. The maximum absolute atomic E-state index is 12.4. The highest BCUT2D eigenvalue weighted by Gasteiger charge is 2.30.